The van der Waals surface area contributed by atoms with E-state index in [4.69, 9.17) is 4.74 Å². The average Bonchev–Trinajstić information content (AvgIpc) is 3.23. The number of aryl methyl sites for hydroxylation is 1. The van der Waals surface area contributed by atoms with Crippen molar-refractivity contribution >= 4 is 22.6 Å². The molecule has 2 unspecified atom stereocenters. The van der Waals surface area contributed by atoms with Gasteiger partial charge >= 0.3 is 5.97 Å². The third-order valence-electron chi connectivity index (χ3n) is 8.22. The van der Waals surface area contributed by atoms with Crippen LogP contribution in [-0.2, 0) is 6.54 Å². The van der Waals surface area contributed by atoms with E-state index >= 15 is 4.39 Å². The van der Waals surface area contributed by atoms with E-state index in [1.54, 1.807) is 30.7 Å². The predicted octanol–water partition coefficient (Wildman–Crippen LogP) is 7.42. The Bertz CT molecular complexity index is 1520. The van der Waals surface area contributed by atoms with Crippen LogP contribution in [0.1, 0.15) is 67.8 Å². The quantitative estimate of drug-likeness (QED) is 0.280. The second-order valence-electron chi connectivity index (χ2n) is 11.0. The molecule has 8 heteroatoms. The number of anilines is 1. The average molecular weight is 529 g/mol. The molecule has 39 heavy (non-hydrogen) atoms. The van der Waals surface area contributed by atoms with Crippen molar-refractivity contribution < 1.29 is 19.0 Å². The van der Waals surface area contributed by atoms with Gasteiger partial charge in [0.25, 0.3) is 0 Å². The van der Waals surface area contributed by atoms with E-state index in [1.807, 2.05) is 24.3 Å². The molecule has 2 aliphatic rings. The zero-order valence-corrected chi connectivity index (χ0v) is 22.2. The molecule has 2 aromatic carbocycles. The van der Waals surface area contributed by atoms with Crippen LogP contribution in [-0.4, -0.2) is 37.8 Å². The summed E-state index contributed by atoms with van der Waals surface area (Å²) in [7, 11) is 0. The van der Waals surface area contributed by atoms with Crippen molar-refractivity contribution in [2.24, 2.45) is 5.92 Å². The number of nitrogens with one attached hydrogen (secondary N) is 1. The van der Waals surface area contributed by atoms with Gasteiger partial charge in [0.05, 0.1) is 17.5 Å². The van der Waals surface area contributed by atoms with Gasteiger partial charge in [0.2, 0.25) is 5.88 Å². The molecule has 0 radical (unpaired) electrons. The van der Waals surface area contributed by atoms with Crippen LogP contribution in [0.2, 0.25) is 0 Å². The van der Waals surface area contributed by atoms with Gasteiger partial charge in [-0.2, -0.15) is 0 Å². The van der Waals surface area contributed by atoms with Crippen LogP contribution in [0, 0.1) is 5.92 Å². The SMILES string of the molecule is CC(C)C1CCn2c(c(C3CCCC[C@@H]3F)c3ccc(C(=O)O)cc32)-c2ccc(Oc3cnccn3)cc2N1. The first-order valence-electron chi connectivity index (χ1n) is 13.8. The van der Waals surface area contributed by atoms with Gasteiger partial charge in [-0.25, -0.2) is 14.2 Å². The number of aromatic nitrogens is 3. The molecule has 0 amide bonds. The first kappa shape index (κ1) is 25.3. The molecule has 2 aromatic heterocycles. The second-order valence-corrected chi connectivity index (χ2v) is 11.0. The standard InChI is InChI=1S/C31H33FN4O3/c1-18(2)25-11-14-36-27-15-19(31(37)38)7-9-23(27)29(21-5-3-4-6-24(21)32)30(36)22-10-8-20(16-26(22)35-25)39-28-17-33-12-13-34-28/h7-10,12-13,15-18,21,24-25,35H,3-6,11,14H2,1-2H3,(H,37,38)/t21?,24-,25?/m0/s1. The van der Waals surface area contributed by atoms with E-state index in [9.17, 15) is 9.90 Å². The van der Waals surface area contributed by atoms with Gasteiger partial charge in [-0.05, 0) is 55.0 Å². The van der Waals surface area contributed by atoms with Gasteiger partial charge in [0.15, 0.2) is 0 Å². The summed E-state index contributed by atoms with van der Waals surface area (Å²) in [5, 5.41) is 14.5. The molecule has 1 fully saturated rings. The van der Waals surface area contributed by atoms with Crippen molar-refractivity contribution in [3.8, 4) is 22.9 Å². The maximum Gasteiger partial charge on any atom is 0.335 e. The van der Waals surface area contributed by atoms with E-state index in [-0.39, 0.29) is 17.5 Å². The fourth-order valence-electron chi connectivity index (χ4n) is 6.23. The maximum absolute atomic E-state index is 15.6. The number of aromatic carboxylic acids is 1. The fourth-order valence-corrected chi connectivity index (χ4v) is 6.23. The molecule has 1 aliphatic carbocycles. The van der Waals surface area contributed by atoms with Crippen LogP contribution < -0.4 is 10.1 Å². The minimum absolute atomic E-state index is 0.177. The Morgan fingerprint density at radius 3 is 2.72 bits per heavy atom. The summed E-state index contributed by atoms with van der Waals surface area (Å²) in [6.07, 6.45) is 7.87. The molecule has 4 aromatic rings. The van der Waals surface area contributed by atoms with Crippen molar-refractivity contribution in [1.82, 2.24) is 14.5 Å². The van der Waals surface area contributed by atoms with Crippen LogP contribution in [0.4, 0.5) is 10.1 Å². The summed E-state index contributed by atoms with van der Waals surface area (Å²) in [6, 6.07) is 11.4. The number of ether oxygens (including phenoxy) is 1. The number of halogens is 1. The zero-order chi connectivity index (χ0) is 27.1. The van der Waals surface area contributed by atoms with E-state index < -0.39 is 12.1 Å². The Kier molecular flexibility index (Phi) is 6.71. The molecule has 0 spiro atoms. The minimum atomic E-state index is -0.964. The van der Waals surface area contributed by atoms with Crippen molar-refractivity contribution in [1.29, 1.82) is 0 Å². The summed E-state index contributed by atoms with van der Waals surface area (Å²) in [6.45, 7) is 5.08. The topological polar surface area (TPSA) is 89.3 Å². The van der Waals surface area contributed by atoms with Crippen LogP contribution in [0.15, 0.2) is 55.0 Å². The highest BCUT2D eigenvalue weighted by Crippen LogP contribution is 2.48. The van der Waals surface area contributed by atoms with E-state index in [2.05, 4.69) is 33.7 Å². The van der Waals surface area contributed by atoms with Crippen molar-refractivity contribution in [3.05, 3.63) is 66.1 Å². The highest BCUT2D eigenvalue weighted by molar-refractivity contribution is 5.99. The second kappa shape index (κ2) is 10.3. The van der Waals surface area contributed by atoms with Gasteiger partial charge in [-0.3, -0.25) is 4.98 Å². The Morgan fingerprint density at radius 2 is 1.97 bits per heavy atom. The molecule has 7 nitrogen and oxygen atoms in total. The number of carbonyl (C=O) groups is 1. The Hall–Kier alpha value is -3.94. The summed E-state index contributed by atoms with van der Waals surface area (Å²) in [4.78, 5) is 20.2. The third kappa shape index (κ3) is 4.73. The number of carboxylic acid groups (broad SMARTS) is 1. The van der Waals surface area contributed by atoms with Crippen molar-refractivity contribution in [2.45, 2.75) is 70.6 Å². The lowest BCUT2D eigenvalue weighted by atomic mass is 9.80. The van der Waals surface area contributed by atoms with Gasteiger partial charge in [0.1, 0.15) is 11.9 Å². The van der Waals surface area contributed by atoms with Crippen molar-refractivity contribution in [3.63, 3.8) is 0 Å². The van der Waals surface area contributed by atoms with Crippen molar-refractivity contribution in [2.75, 3.05) is 5.32 Å². The number of hydrogen-bond acceptors (Lipinski definition) is 5. The van der Waals surface area contributed by atoms with Crippen LogP contribution >= 0.6 is 0 Å². The fraction of sp³-hybridized carbons (Fsp3) is 0.387. The van der Waals surface area contributed by atoms with Crippen LogP contribution in [0.5, 0.6) is 11.6 Å². The molecule has 2 N–H and O–H groups in total. The molecule has 0 bridgehead atoms. The predicted molar refractivity (Wildman–Crippen MR) is 149 cm³/mol. The smallest absolute Gasteiger partial charge is 0.335 e. The van der Waals surface area contributed by atoms with E-state index in [1.165, 1.54) is 0 Å². The lowest BCUT2D eigenvalue weighted by molar-refractivity contribution is 0.0697. The third-order valence-corrected chi connectivity index (χ3v) is 8.22. The summed E-state index contributed by atoms with van der Waals surface area (Å²) >= 11 is 0. The number of nitrogens with zero attached hydrogens (tertiary/aromatic N) is 3. The molecule has 202 valence electrons. The van der Waals surface area contributed by atoms with E-state index in [0.717, 1.165) is 59.1 Å². The lowest BCUT2D eigenvalue weighted by Gasteiger charge is -2.31. The Balaban J connectivity index is 1.59. The monoisotopic (exact) mass is 528 g/mol. The molecule has 6 rings (SSSR count). The van der Waals surface area contributed by atoms with E-state index in [0.29, 0.717) is 30.5 Å². The highest BCUT2D eigenvalue weighted by atomic mass is 19.1. The van der Waals surface area contributed by atoms with Gasteiger partial charge < -0.3 is 19.7 Å². The lowest BCUT2D eigenvalue weighted by Crippen LogP contribution is -2.29. The highest BCUT2D eigenvalue weighted by Gasteiger charge is 2.34. The summed E-state index contributed by atoms with van der Waals surface area (Å²) < 4.78 is 23.8. The number of fused-ring (bicyclic) bond motifs is 5. The largest absolute Gasteiger partial charge is 0.478 e. The summed E-state index contributed by atoms with van der Waals surface area (Å²) in [5.41, 5.74) is 4.93. The number of carboxylic acids is 1. The first-order valence-corrected chi connectivity index (χ1v) is 13.8. The van der Waals surface area contributed by atoms with Gasteiger partial charge in [-0.1, -0.05) is 32.8 Å². The molecular formula is C31H33FN4O3. The number of hydrogen-bond donors (Lipinski definition) is 2. The van der Waals surface area contributed by atoms with Gasteiger partial charge in [0, 0.05) is 59.1 Å². The van der Waals surface area contributed by atoms with Crippen LogP contribution in [0.3, 0.4) is 0 Å². The van der Waals surface area contributed by atoms with Crippen LogP contribution in [0.25, 0.3) is 22.2 Å². The minimum Gasteiger partial charge on any atom is -0.478 e. The number of alkyl halides is 1. The molecular weight excluding hydrogens is 495 g/mol. The molecule has 3 atom stereocenters. The zero-order valence-electron chi connectivity index (χ0n) is 22.2. The normalized spacial score (nSPS) is 21.0. The molecule has 0 saturated heterocycles. The number of rotatable bonds is 5. The molecule has 1 saturated carbocycles. The Labute approximate surface area is 227 Å². The molecule has 3 heterocycles. The first-order chi connectivity index (χ1) is 18.9. The molecule has 1 aliphatic heterocycles. The maximum atomic E-state index is 15.6. The summed E-state index contributed by atoms with van der Waals surface area (Å²) in [5.74, 6) is 0.185. The van der Waals surface area contributed by atoms with Gasteiger partial charge in [-0.15, -0.1) is 0 Å². The Morgan fingerprint density at radius 1 is 1.13 bits per heavy atom. The number of benzene rings is 2.